The first-order chi connectivity index (χ1) is 11.2. The fourth-order valence-corrected chi connectivity index (χ4v) is 2.93. The molecule has 1 fully saturated rings. The van der Waals surface area contributed by atoms with E-state index >= 15 is 0 Å². The van der Waals surface area contributed by atoms with Gasteiger partial charge in [-0.25, -0.2) is 0 Å². The first-order valence-corrected chi connectivity index (χ1v) is 8.17. The Labute approximate surface area is 138 Å². The molecule has 1 aromatic rings. The summed E-state index contributed by atoms with van der Waals surface area (Å²) in [6.07, 6.45) is 0.645. The normalized spacial score (nSPS) is 18.7. The Bertz CT molecular complexity index is 540. The minimum atomic E-state index is -0.453. The van der Waals surface area contributed by atoms with Crippen molar-refractivity contribution in [1.82, 2.24) is 9.80 Å². The predicted octanol–water partition coefficient (Wildman–Crippen LogP) is 1.78. The highest BCUT2D eigenvalue weighted by molar-refractivity contribution is 5.17. The van der Waals surface area contributed by atoms with Crippen molar-refractivity contribution in [3.05, 3.63) is 35.9 Å². The summed E-state index contributed by atoms with van der Waals surface area (Å²) >= 11 is 0. The summed E-state index contributed by atoms with van der Waals surface area (Å²) in [6.45, 7) is 5.01. The predicted molar refractivity (Wildman–Crippen MR) is 88.2 cm³/mol. The van der Waals surface area contributed by atoms with Gasteiger partial charge in [0.2, 0.25) is 0 Å². The molecule has 23 heavy (non-hydrogen) atoms. The maximum Gasteiger partial charge on any atom is 0.0916 e. The molecule has 0 aliphatic carbocycles. The van der Waals surface area contributed by atoms with Crippen molar-refractivity contribution in [2.45, 2.75) is 18.9 Å². The Morgan fingerprint density at radius 3 is 2.17 bits per heavy atom. The number of aliphatic hydroxyl groups is 1. The molecule has 0 aromatic heterocycles. The maximum atomic E-state index is 10.3. The van der Waals surface area contributed by atoms with Gasteiger partial charge in [-0.05, 0) is 12.0 Å². The van der Waals surface area contributed by atoms with Crippen LogP contribution in [0.2, 0.25) is 0 Å². The Morgan fingerprint density at radius 2 is 1.61 bits per heavy atom. The third-order valence-electron chi connectivity index (χ3n) is 4.35. The molecule has 0 amide bonds. The van der Waals surface area contributed by atoms with Crippen molar-refractivity contribution in [2.24, 2.45) is 5.92 Å². The zero-order valence-electron chi connectivity index (χ0n) is 13.4. The van der Waals surface area contributed by atoms with Gasteiger partial charge in [-0.2, -0.15) is 10.5 Å². The zero-order chi connectivity index (χ0) is 16.5. The first kappa shape index (κ1) is 17.4. The summed E-state index contributed by atoms with van der Waals surface area (Å²) < 4.78 is 0. The summed E-state index contributed by atoms with van der Waals surface area (Å²) in [5, 5.41) is 28.1. The van der Waals surface area contributed by atoms with Crippen LogP contribution in [0.3, 0.4) is 0 Å². The van der Waals surface area contributed by atoms with Gasteiger partial charge in [0.15, 0.2) is 0 Å². The minimum absolute atomic E-state index is 0.0592. The second-order valence-electron chi connectivity index (χ2n) is 6.05. The summed E-state index contributed by atoms with van der Waals surface area (Å²) in [7, 11) is 0. The van der Waals surface area contributed by atoms with Crippen molar-refractivity contribution in [1.29, 1.82) is 10.5 Å². The number of piperazine rings is 1. The van der Waals surface area contributed by atoms with E-state index in [9.17, 15) is 5.11 Å². The lowest BCUT2D eigenvalue weighted by atomic mass is 10.0. The number of nitrogens with zero attached hydrogens (tertiary/aromatic N) is 4. The third-order valence-corrected chi connectivity index (χ3v) is 4.35. The number of nitriles is 2. The molecule has 1 heterocycles. The summed E-state index contributed by atoms with van der Waals surface area (Å²) in [6, 6.07) is 14.2. The smallest absolute Gasteiger partial charge is 0.0916 e. The Hall–Kier alpha value is -1.92. The van der Waals surface area contributed by atoms with E-state index in [-0.39, 0.29) is 5.92 Å². The average molecular weight is 312 g/mol. The molecular formula is C18H24N4O. The minimum Gasteiger partial charge on any atom is -0.387 e. The summed E-state index contributed by atoms with van der Waals surface area (Å²) in [4.78, 5) is 4.56. The SMILES string of the molecule is N#CCC[C@@H](C#N)CN1CCN(C[C@H](O)c2ccccc2)CC1. The van der Waals surface area contributed by atoms with Gasteiger partial charge in [-0.1, -0.05) is 30.3 Å². The van der Waals surface area contributed by atoms with Gasteiger partial charge in [0.1, 0.15) is 0 Å². The highest BCUT2D eigenvalue weighted by Crippen LogP contribution is 2.16. The van der Waals surface area contributed by atoms with Gasteiger partial charge in [-0.15, -0.1) is 0 Å². The first-order valence-electron chi connectivity index (χ1n) is 8.17. The molecule has 5 heteroatoms. The van der Waals surface area contributed by atoms with Crippen molar-refractivity contribution in [3.63, 3.8) is 0 Å². The molecule has 1 N–H and O–H groups in total. The fourth-order valence-electron chi connectivity index (χ4n) is 2.93. The van der Waals surface area contributed by atoms with E-state index in [1.165, 1.54) is 0 Å². The van der Waals surface area contributed by atoms with E-state index in [4.69, 9.17) is 10.5 Å². The van der Waals surface area contributed by atoms with Crippen LogP contribution in [0.25, 0.3) is 0 Å². The van der Waals surface area contributed by atoms with Crippen molar-refractivity contribution in [3.8, 4) is 12.1 Å². The molecule has 1 saturated heterocycles. The van der Waals surface area contributed by atoms with Gasteiger partial charge in [-0.3, -0.25) is 9.80 Å². The molecule has 5 nitrogen and oxygen atoms in total. The van der Waals surface area contributed by atoms with Crippen LogP contribution in [0.1, 0.15) is 24.5 Å². The van der Waals surface area contributed by atoms with Crippen LogP contribution in [0.4, 0.5) is 0 Å². The standard InChI is InChI=1S/C18H24N4O/c19-8-4-5-16(13-20)14-21-9-11-22(12-10-21)15-18(23)17-6-2-1-3-7-17/h1-3,6-7,16,18,23H,4-5,9-12,14-15H2/t16-,18-/m0/s1. The number of benzene rings is 1. The van der Waals surface area contributed by atoms with Crippen molar-refractivity contribution >= 4 is 0 Å². The second kappa shape index (κ2) is 9.27. The fraction of sp³-hybridized carbons (Fsp3) is 0.556. The van der Waals surface area contributed by atoms with Gasteiger partial charge >= 0.3 is 0 Å². The molecule has 0 unspecified atom stereocenters. The third kappa shape index (κ3) is 5.65. The summed E-state index contributed by atoms with van der Waals surface area (Å²) in [5.41, 5.74) is 0.955. The molecule has 0 bridgehead atoms. The van der Waals surface area contributed by atoms with E-state index in [1.54, 1.807) is 0 Å². The number of rotatable bonds is 7. The Morgan fingerprint density at radius 1 is 1.00 bits per heavy atom. The lowest BCUT2D eigenvalue weighted by Gasteiger charge is -2.36. The molecular weight excluding hydrogens is 288 g/mol. The quantitative estimate of drug-likeness (QED) is 0.831. The van der Waals surface area contributed by atoms with E-state index in [0.29, 0.717) is 19.4 Å². The molecule has 0 saturated carbocycles. The summed E-state index contributed by atoms with van der Waals surface area (Å²) in [5.74, 6) is -0.0592. The van der Waals surface area contributed by atoms with Gasteiger partial charge < -0.3 is 5.11 Å². The van der Waals surface area contributed by atoms with E-state index in [2.05, 4.69) is 21.9 Å². The van der Waals surface area contributed by atoms with E-state index in [0.717, 1.165) is 38.3 Å². The van der Waals surface area contributed by atoms with Crippen molar-refractivity contribution < 1.29 is 5.11 Å². The highest BCUT2D eigenvalue weighted by Gasteiger charge is 2.21. The number of β-amino-alcohol motifs (C(OH)–C–C–N with tert-alkyl or cyclic N) is 1. The number of hydrogen-bond donors (Lipinski definition) is 1. The highest BCUT2D eigenvalue weighted by atomic mass is 16.3. The zero-order valence-corrected chi connectivity index (χ0v) is 13.4. The number of aliphatic hydroxyl groups excluding tert-OH is 1. The Kier molecular flexibility index (Phi) is 7.03. The lowest BCUT2D eigenvalue weighted by Crippen LogP contribution is -2.48. The van der Waals surface area contributed by atoms with Gasteiger partial charge in [0.25, 0.3) is 0 Å². The average Bonchev–Trinajstić information content (AvgIpc) is 2.60. The van der Waals surface area contributed by atoms with Crippen LogP contribution in [0.15, 0.2) is 30.3 Å². The molecule has 122 valence electrons. The molecule has 1 aliphatic heterocycles. The molecule has 0 radical (unpaired) electrons. The monoisotopic (exact) mass is 312 g/mol. The van der Waals surface area contributed by atoms with Crippen LogP contribution in [-0.4, -0.2) is 54.2 Å². The van der Waals surface area contributed by atoms with Crippen molar-refractivity contribution in [2.75, 3.05) is 39.3 Å². The van der Waals surface area contributed by atoms with Crippen LogP contribution in [0, 0.1) is 28.6 Å². The molecule has 2 rings (SSSR count). The van der Waals surface area contributed by atoms with E-state index in [1.807, 2.05) is 30.3 Å². The van der Waals surface area contributed by atoms with E-state index < -0.39 is 6.10 Å². The second-order valence-corrected chi connectivity index (χ2v) is 6.05. The van der Waals surface area contributed by atoms with Gasteiger partial charge in [0.05, 0.1) is 24.2 Å². The molecule has 1 aromatic carbocycles. The topological polar surface area (TPSA) is 74.3 Å². The molecule has 2 atom stereocenters. The van der Waals surface area contributed by atoms with Crippen LogP contribution in [0.5, 0.6) is 0 Å². The van der Waals surface area contributed by atoms with Crippen LogP contribution >= 0.6 is 0 Å². The van der Waals surface area contributed by atoms with Gasteiger partial charge in [0, 0.05) is 45.7 Å². The van der Waals surface area contributed by atoms with Crippen LogP contribution in [-0.2, 0) is 0 Å². The largest absolute Gasteiger partial charge is 0.387 e. The molecule has 0 spiro atoms. The lowest BCUT2D eigenvalue weighted by molar-refractivity contribution is 0.0692. The maximum absolute atomic E-state index is 10.3. The Balaban J connectivity index is 1.73. The number of hydrogen-bond acceptors (Lipinski definition) is 5. The van der Waals surface area contributed by atoms with Crippen LogP contribution < -0.4 is 0 Å². The molecule has 1 aliphatic rings.